The molecular weight excluding hydrogens is 374 g/mol. The van der Waals surface area contributed by atoms with Crippen molar-refractivity contribution < 1.29 is 13.6 Å². The Kier molecular flexibility index (Phi) is 4.04. The van der Waals surface area contributed by atoms with Gasteiger partial charge in [-0.25, -0.2) is 13.6 Å². The number of carbonyl (C=O) groups is 1. The zero-order valence-corrected chi connectivity index (χ0v) is 15.7. The van der Waals surface area contributed by atoms with E-state index in [4.69, 9.17) is 0 Å². The first-order valence-corrected chi connectivity index (χ1v) is 9.62. The van der Waals surface area contributed by atoms with Crippen LogP contribution in [-0.2, 0) is 5.54 Å². The summed E-state index contributed by atoms with van der Waals surface area (Å²) in [5.74, 6) is -0.747. The molecule has 0 radical (unpaired) electrons. The number of carbonyl (C=O) groups excluding carboxylic acids is 1. The molecular formula is C22H20F2N4O. The van der Waals surface area contributed by atoms with Crippen LogP contribution in [0.15, 0.2) is 60.8 Å². The Morgan fingerprint density at radius 3 is 2.62 bits per heavy atom. The number of nitrogens with one attached hydrogen (secondary N) is 2. The second-order valence-corrected chi connectivity index (χ2v) is 7.53. The zero-order valence-electron chi connectivity index (χ0n) is 15.7. The van der Waals surface area contributed by atoms with Crippen LogP contribution in [0.5, 0.6) is 0 Å². The van der Waals surface area contributed by atoms with E-state index in [9.17, 15) is 13.6 Å². The van der Waals surface area contributed by atoms with Gasteiger partial charge in [0.2, 0.25) is 0 Å². The molecule has 2 N–H and O–H groups in total. The fourth-order valence-corrected chi connectivity index (χ4v) is 4.35. The molecule has 3 aromatic rings. The van der Waals surface area contributed by atoms with Crippen LogP contribution < -0.4 is 10.6 Å². The summed E-state index contributed by atoms with van der Waals surface area (Å²) >= 11 is 0. The highest BCUT2D eigenvalue weighted by Gasteiger charge is 2.42. The number of anilines is 2. The molecule has 0 bridgehead atoms. The Morgan fingerprint density at radius 1 is 1.03 bits per heavy atom. The molecule has 0 unspecified atom stereocenters. The van der Waals surface area contributed by atoms with Crippen LogP contribution in [0.2, 0.25) is 0 Å². The number of aromatic nitrogens is 1. The lowest BCUT2D eigenvalue weighted by molar-refractivity contribution is 0.174. The minimum atomic E-state index is -0.459. The van der Waals surface area contributed by atoms with Gasteiger partial charge in [-0.05, 0) is 55.3 Å². The monoisotopic (exact) mass is 394 g/mol. The first kappa shape index (κ1) is 17.7. The van der Waals surface area contributed by atoms with Crippen LogP contribution in [0.1, 0.15) is 18.5 Å². The van der Waals surface area contributed by atoms with Gasteiger partial charge in [-0.2, -0.15) is 0 Å². The van der Waals surface area contributed by atoms with Crippen LogP contribution >= 0.6 is 0 Å². The molecule has 1 fully saturated rings. The topological polar surface area (TPSA) is 49.3 Å². The molecule has 0 aliphatic carbocycles. The predicted molar refractivity (Wildman–Crippen MR) is 107 cm³/mol. The van der Waals surface area contributed by atoms with Crippen LogP contribution in [-0.4, -0.2) is 28.6 Å². The Morgan fingerprint density at radius 2 is 1.83 bits per heavy atom. The maximum Gasteiger partial charge on any atom is 0.321 e. The van der Waals surface area contributed by atoms with E-state index in [1.54, 1.807) is 29.2 Å². The summed E-state index contributed by atoms with van der Waals surface area (Å²) in [7, 11) is 0. The predicted octanol–water partition coefficient (Wildman–Crippen LogP) is 4.70. The normalized spacial score (nSPS) is 16.7. The van der Waals surface area contributed by atoms with Crippen molar-refractivity contribution in [3.8, 4) is 5.69 Å². The molecule has 2 amide bonds. The van der Waals surface area contributed by atoms with Gasteiger partial charge in [-0.1, -0.05) is 12.1 Å². The molecule has 2 aliphatic heterocycles. The van der Waals surface area contributed by atoms with Crippen LogP contribution in [0, 0.1) is 11.6 Å². The highest BCUT2D eigenvalue weighted by Crippen LogP contribution is 2.43. The molecule has 29 heavy (non-hydrogen) atoms. The number of para-hydroxylation sites is 1. The zero-order chi connectivity index (χ0) is 20.0. The summed E-state index contributed by atoms with van der Waals surface area (Å²) < 4.78 is 29.7. The number of nitrogens with zero attached hydrogens (tertiary/aromatic N) is 2. The Bertz CT molecular complexity index is 1090. The van der Waals surface area contributed by atoms with E-state index in [-0.39, 0.29) is 23.1 Å². The molecule has 0 saturated carbocycles. The maximum atomic E-state index is 13.8. The molecule has 2 aromatic carbocycles. The van der Waals surface area contributed by atoms with E-state index < -0.39 is 5.82 Å². The van der Waals surface area contributed by atoms with E-state index in [0.717, 1.165) is 17.1 Å². The van der Waals surface area contributed by atoms with Crippen LogP contribution in [0.3, 0.4) is 0 Å². The third-order valence-electron chi connectivity index (χ3n) is 5.85. The van der Waals surface area contributed by atoms with Gasteiger partial charge >= 0.3 is 6.03 Å². The number of fused-ring (bicyclic) bond motifs is 4. The fourth-order valence-electron chi connectivity index (χ4n) is 4.35. The summed E-state index contributed by atoms with van der Waals surface area (Å²) in [6.45, 7) is 1.01. The first-order chi connectivity index (χ1) is 14.1. The number of piperidine rings is 1. The van der Waals surface area contributed by atoms with Gasteiger partial charge < -0.3 is 20.1 Å². The van der Waals surface area contributed by atoms with Crippen molar-refractivity contribution in [1.82, 2.24) is 9.47 Å². The van der Waals surface area contributed by atoms with Gasteiger partial charge in [0, 0.05) is 25.0 Å². The molecule has 5 nitrogen and oxygen atoms in total. The van der Waals surface area contributed by atoms with Crippen molar-refractivity contribution in [2.45, 2.75) is 18.4 Å². The smallest absolute Gasteiger partial charge is 0.321 e. The number of halogens is 2. The SMILES string of the molecule is O=C(Nc1ccccc1F)N1CCC2(CC1)Nc1cc(F)ccc1-n1cccc12. The van der Waals surface area contributed by atoms with Gasteiger partial charge in [0.1, 0.15) is 11.6 Å². The lowest BCUT2D eigenvalue weighted by Crippen LogP contribution is -2.51. The van der Waals surface area contributed by atoms with Crippen molar-refractivity contribution in [1.29, 1.82) is 0 Å². The molecule has 2 aliphatic rings. The van der Waals surface area contributed by atoms with Crippen LogP contribution in [0.25, 0.3) is 5.69 Å². The minimum absolute atomic E-state index is 0.173. The number of rotatable bonds is 1. The van der Waals surface area contributed by atoms with Gasteiger partial charge in [-0.3, -0.25) is 0 Å². The number of benzene rings is 2. The van der Waals surface area contributed by atoms with Crippen LogP contribution in [0.4, 0.5) is 25.0 Å². The minimum Gasteiger partial charge on any atom is -0.372 e. The number of hydrogen-bond donors (Lipinski definition) is 2. The summed E-state index contributed by atoms with van der Waals surface area (Å²) in [6, 6.07) is 14.6. The average molecular weight is 394 g/mol. The first-order valence-electron chi connectivity index (χ1n) is 9.62. The number of likely N-dealkylation sites (tertiary alicyclic amines) is 1. The van der Waals surface area contributed by atoms with Crippen molar-refractivity contribution in [3.63, 3.8) is 0 Å². The molecule has 3 heterocycles. The number of hydrogen-bond acceptors (Lipinski definition) is 2. The lowest BCUT2D eigenvalue weighted by atomic mass is 9.82. The van der Waals surface area contributed by atoms with Gasteiger partial charge in [-0.15, -0.1) is 0 Å². The van der Waals surface area contributed by atoms with E-state index in [1.165, 1.54) is 18.2 Å². The van der Waals surface area contributed by atoms with E-state index >= 15 is 0 Å². The maximum absolute atomic E-state index is 13.8. The van der Waals surface area contributed by atoms with Crippen molar-refractivity contribution in [2.75, 3.05) is 23.7 Å². The standard InChI is InChI=1S/C22H20F2N4O/c23-15-7-8-19-18(14-15)26-22(20-6-3-11-28(19)20)9-12-27(13-10-22)21(29)25-17-5-2-1-4-16(17)24/h1-8,11,14,26H,9-10,12-13H2,(H,25,29). The molecule has 7 heteroatoms. The molecule has 148 valence electrons. The third kappa shape index (κ3) is 2.93. The van der Waals surface area contributed by atoms with Crippen molar-refractivity contribution >= 4 is 17.4 Å². The summed E-state index contributed by atoms with van der Waals surface area (Å²) in [4.78, 5) is 14.3. The van der Waals surface area contributed by atoms with E-state index in [0.29, 0.717) is 25.9 Å². The second-order valence-electron chi connectivity index (χ2n) is 7.53. The summed E-state index contributed by atoms with van der Waals surface area (Å²) in [6.07, 6.45) is 3.31. The van der Waals surface area contributed by atoms with Crippen molar-refractivity contribution in [2.24, 2.45) is 0 Å². The Balaban J connectivity index is 1.36. The lowest BCUT2D eigenvalue weighted by Gasteiger charge is -2.46. The number of amides is 2. The largest absolute Gasteiger partial charge is 0.372 e. The number of urea groups is 1. The average Bonchev–Trinajstić information content (AvgIpc) is 3.21. The molecule has 0 atom stereocenters. The fraction of sp³-hybridized carbons (Fsp3) is 0.227. The molecule has 1 aromatic heterocycles. The van der Waals surface area contributed by atoms with Gasteiger partial charge in [0.05, 0.1) is 22.6 Å². The third-order valence-corrected chi connectivity index (χ3v) is 5.85. The molecule has 5 rings (SSSR count). The highest BCUT2D eigenvalue weighted by molar-refractivity contribution is 5.89. The quantitative estimate of drug-likeness (QED) is 0.628. The van der Waals surface area contributed by atoms with E-state index in [1.807, 2.05) is 12.3 Å². The Labute approximate surface area is 166 Å². The highest BCUT2D eigenvalue weighted by atomic mass is 19.1. The molecule has 1 saturated heterocycles. The van der Waals surface area contributed by atoms with Gasteiger partial charge in [0.25, 0.3) is 0 Å². The summed E-state index contributed by atoms with van der Waals surface area (Å²) in [5, 5.41) is 6.18. The Hall–Kier alpha value is -3.35. The van der Waals surface area contributed by atoms with E-state index in [2.05, 4.69) is 21.3 Å². The molecule has 1 spiro atoms. The van der Waals surface area contributed by atoms with Gasteiger partial charge in [0.15, 0.2) is 0 Å². The second kappa shape index (κ2) is 6.62. The summed E-state index contributed by atoms with van der Waals surface area (Å²) in [5.41, 5.74) is 2.56. The van der Waals surface area contributed by atoms with Crippen molar-refractivity contribution in [3.05, 3.63) is 78.1 Å².